The molecule has 0 N–H and O–H groups in total. The van der Waals surface area contributed by atoms with Gasteiger partial charge in [-0.25, -0.2) is 9.97 Å². The van der Waals surface area contributed by atoms with E-state index in [1.165, 1.54) is 0 Å². The van der Waals surface area contributed by atoms with Crippen LogP contribution in [0.2, 0.25) is 0 Å². The Morgan fingerprint density at radius 2 is 1.34 bits per heavy atom. The first kappa shape index (κ1) is 18.9. The van der Waals surface area contributed by atoms with E-state index in [0.717, 1.165) is 54.9 Å². The zero-order valence-electron chi connectivity index (χ0n) is 17.0. The van der Waals surface area contributed by atoms with Crippen molar-refractivity contribution in [3.63, 3.8) is 0 Å². The lowest BCUT2D eigenvalue weighted by Crippen LogP contribution is -2.00. The smallest absolute Gasteiger partial charge is 0.145 e. The van der Waals surface area contributed by atoms with Gasteiger partial charge in [0.25, 0.3) is 0 Å². The molecule has 0 saturated heterocycles. The first-order chi connectivity index (χ1) is 15.8. The highest BCUT2D eigenvalue weighted by Crippen LogP contribution is 2.37. The molecule has 6 aromatic rings. The van der Waals surface area contributed by atoms with Crippen LogP contribution in [0.3, 0.4) is 0 Å². The first-order valence-corrected chi connectivity index (χ1v) is 11.1. The van der Waals surface area contributed by atoms with Gasteiger partial charge >= 0.3 is 0 Å². The Morgan fingerprint density at radius 1 is 0.625 bits per heavy atom. The zero-order valence-corrected chi connectivity index (χ0v) is 18.6. The first-order valence-electron chi connectivity index (χ1n) is 10.3. The number of fused-ring (bicyclic) bond motifs is 3. The Hall–Kier alpha value is -3.83. The number of pyridine rings is 2. The zero-order chi connectivity index (χ0) is 21.5. The number of halogens is 1. The van der Waals surface area contributed by atoms with Crippen LogP contribution in [0.15, 0.2) is 108 Å². The molecule has 3 heterocycles. The number of nitrogens with zero attached hydrogens (tertiary/aromatic N) is 4. The van der Waals surface area contributed by atoms with E-state index < -0.39 is 0 Å². The summed E-state index contributed by atoms with van der Waals surface area (Å²) in [6, 6.07) is 32.7. The average Bonchev–Trinajstić information content (AvgIpc) is 3.26. The topological polar surface area (TPSA) is 43.6 Å². The van der Waals surface area contributed by atoms with Crippen molar-refractivity contribution in [3.05, 3.63) is 108 Å². The van der Waals surface area contributed by atoms with Crippen molar-refractivity contribution in [1.82, 2.24) is 19.5 Å². The van der Waals surface area contributed by atoms with E-state index in [1.54, 1.807) is 6.20 Å². The van der Waals surface area contributed by atoms with Gasteiger partial charge < -0.3 is 0 Å². The lowest BCUT2D eigenvalue weighted by Gasteiger charge is -2.12. The summed E-state index contributed by atoms with van der Waals surface area (Å²) in [7, 11) is 0. The monoisotopic (exact) mass is 476 g/mol. The number of hydrogen-bond acceptors (Lipinski definition) is 3. The minimum atomic E-state index is 0.801. The molecule has 5 heteroatoms. The third-order valence-corrected chi connectivity index (χ3v) is 6.04. The molecule has 0 bridgehead atoms. The maximum absolute atomic E-state index is 5.15. The highest BCUT2D eigenvalue weighted by Gasteiger charge is 2.22. The fourth-order valence-electron chi connectivity index (χ4n) is 4.07. The highest BCUT2D eigenvalue weighted by molar-refractivity contribution is 9.10. The Kier molecular flexibility index (Phi) is 4.55. The number of benzene rings is 3. The lowest BCUT2D eigenvalue weighted by molar-refractivity contribution is 1.10. The predicted molar refractivity (Wildman–Crippen MR) is 133 cm³/mol. The van der Waals surface area contributed by atoms with Gasteiger partial charge in [-0.05, 0) is 36.4 Å². The molecule has 0 spiro atoms. The van der Waals surface area contributed by atoms with Gasteiger partial charge in [-0.1, -0.05) is 76.6 Å². The van der Waals surface area contributed by atoms with E-state index >= 15 is 0 Å². The molecule has 152 valence electrons. The molecule has 0 saturated carbocycles. The van der Waals surface area contributed by atoms with Crippen molar-refractivity contribution in [1.29, 1.82) is 0 Å². The summed E-state index contributed by atoms with van der Waals surface area (Å²) in [5, 5.41) is 0. The van der Waals surface area contributed by atoms with Crippen molar-refractivity contribution in [2.24, 2.45) is 0 Å². The molecule has 4 nitrogen and oxygen atoms in total. The largest absolute Gasteiger partial charge is 0.290 e. The molecule has 6 rings (SSSR count). The SMILES string of the molecule is Brc1ccc(-c2nc3c4ncccc4nc(-c4ccccc4)c3n2-c2ccccc2)cc1. The van der Waals surface area contributed by atoms with Crippen LogP contribution in [0.4, 0.5) is 0 Å². The van der Waals surface area contributed by atoms with Crippen LogP contribution in [0.5, 0.6) is 0 Å². The van der Waals surface area contributed by atoms with Crippen LogP contribution in [-0.4, -0.2) is 19.5 Å². The molecule has 0 unspecified atom stereocenters. The van der Waals surface area contributed by atoms with Gasteiger partial charge in [-0.3, -0.25) is 9.55 Å². The maximum atomic E-state index is 5.15. The highest BCUT2D eigenvalue weighted by atomic mass is 79.9. The average molecular weight is 477 g/mol. The molecule has 0 aliphatic carbocycles. The number of para-hydroxylation sites is 1. The molecule has 3 aromatic carbocycles. The Balaban J connectivity index is 1.81. The Morgan fingerprint density at radius 3 is 2.09 bits per heavy atom. The lowest BCUT2D eigenvalue weighted by atomic mass is 10.1. The minimum absolute atomic E-state index is 0.801. The van der Waals surface area contributed by atoms with Gasteiger partial charge in [0.15, 0.2) is 0 Å². The van der Waals surface area contributed by atoms with Crippen LogP contribution in [-0.2, 0) is 0 Å². The third kappa shape index (κ3) is 3.10. The molecule has 0 radical (unpaired) electrons. The molecule has 0 amide bonds. The fourth-order valence-corrected chi connectivity index (χ4v) is 4.33. The number of imidazole rings is 1. The van der Waals surface area contributed by atoms with Crippen LogP contribution < -0.4 is 0 Å². The van der Waals surface area contributed by atoms with Crippen molar-refractivity contribution in [2.75, 3.05) is 0 Å². The number of rotatable bonds is 3. The maximum Gasteiger partial charge on any atom is 0.145 e. The molecule has 0 fully saturated rings. The van der Waals surface area contributed by atoms with Gasteiger partial charge in [0.2, 0.25) is 0 Å². The van der Waals surface area contributed by atoms with E-state index in [0.29, 0.717) is 0 Å². The standard InChI is InChI=1S/C27H17BrN4/c28-20-15-13-19(14-16-20)27-31-25-24-22(12-7-17-29-24)30-23(18-8-3-1-4-9-18)26(25)32(27)21-10-5-2-6-11-21/h1-17H. The van der Waals surface area contributed by atoms with Gasteiger partial charge in [-0.2, -0.15) is 0 Å². The summed E-state index contributed by atoms with van der Waals surface area (Å²) >= 11 is 3.54. The molecule has 0 aliphatic rings. The van der Waals surface area contributed by atoms with Crippen molar-refractivity contribution < 1.29 is 0 Å². The van der Waals surface area contributed by atoms with E-state index in [9.17, 15) is 0 Å². The Labute approximate surface area is 193 Å². The predicted octanol–water partition coefficient (Wildman–Crippen LogP) is 7.07. The van der Waals surface area contributed by atoms with Crippen molar-refractivity contribution in [2.45, 2.75) is 0 Å². The van der Waals surface area contributed by atoms with E-state index in [1.807, 2.05) is 60.7 Å². The summed E-state index contributed by atoms with van der Waals surface area (Å²) < 4.78 is 3.23. The molecular weight excluding hydrogens is 460 g/mol. The van der Waals surface area contributed by atoms with E-state index in [2.05, 4.69) is 61.9 Å². The summed E-state index contributed by atoms with van der Waals surface area (Å²) in [6.45, 7) is 0. The van der Waals surface area contributed by atoms with Gasteiger partial charge in [0, 0.05) is 27.5 Å². The summed E-state index contributed by atoms with van der Waals surface area (Å²) in [5.41, 5.74) is 7.42. The molecule has 3 aromatic heterocycles. The van der Waals surface area contributed by atoms with Gasteiger partial charge in [0.05, 0.1) is 11.2 Å². The summed E-state index contributed by atoms with van der Waals surface area (Å²) in [6.07, 6.45) is 1.80. The van der Waals surface area contributed by atoms with Gasteiger partial charge in [0.1, 0.15) is 22.4 Å². The molecule has 32 heavy (non-hydrogen) atoms. The number of aromatic nitrogens is 4. The van der Waals surface area contributed by atoms with Crippen molar-refractivity contribution in [3.8, 4) is 28.3 Å². The summed E-state index contributed by atoms with van der Waals surface area (Å²) in [4.78, 5) is 14.9. The summed E-state index contributed by atoms with van der Waals surface area (Å²) in [5.74, 6) is 0.857. The molecular formula is C27H17BrN4. The number of hydrogen-bond donors (Lipinski definition) is 0. The minimum Gasteiger partial charge on any atom is -0.290 e. The van der Waals surface area contributed by atoms with Crippen LogP contribution >= 0.6 is 15.9 Å². The second-order valence-electron chi connectivity index (χ2n) is 7.51. The van der Waals surface area contributed by atoms with Crippen molar-refractivity contribution >= 4 is 38.0 Å². The molecule has 0 aliphatic heterocycles. The molecule has 0 atom stereocenters. The fraction of sp³-hybridized carbons (Fsp3) is 0. The third-order valence-electron chi connectivity index (χ3n) is 5.51. The van der Waals surface area contributed by atoms with Crippen LogP contribution in [0, 0.1) is 0 Å². The second kappa shape index (κ2) is 7.70. The van der Waals surface area contributed by atoms with Crippen LogP contribution in [0.1, 0.15) is 0 Å². The van der Waals surface area contributed by atoms with Crippen LogP contribution in [0.25, 0.3) is 50.4 Å². The second-order valence-corrected chi connectivity index (χ2v) is 8.42. The Bertz CT molecular complexity index is 1560. The van der Waals surface area contributed by atoms with Gasteiger partial charge in [-0.15, -0.1) is 0 Å². The van der Waals surface area contributed by atoms with E-state index in [4.69, 9.17) is 9.97 Å². The van der Waals surface area contributed by atoms with E-state index in [-0.39, 0.29) is 0 Å². The quantitative estimate of drug-likeness (QED) is 0.274. The normalized spacial score (nSPS) is 11.3.